The van der Waals surface area contributed by atoms with Gasteiger partial charge in [-0.15, -0.1) is 0 Å². The lowest BCUT2D eigenvalue weighted by atomic mass is 9.85. The minimum absolute atomic E-state index is 0.0680. The Balaban J connectivity index is 1.42. The summed E-state index contributed by atoms with van der Waals surface area (Å²) in [5, 5.41) is 0. The Kier molecular flexibility index (Phi) is 11.5. The highest BCUT2D eigenvalue weighted by Gasteiger charge is 2.29. The van der Waals surface area contributed by atoms with E-state index < -0.39 is 0 Å². The number of aromatic amines is 1. The fraction of sp³-hybridized carbons (Fsp3) is 0.426. The summed E-state index contributed by atoms with van der Waals surface area (Å²) in [5.74, 6) is 0.762. The summed E-state index contributed by atoms with van der Waals surface area (Å²) in [6, 6.07) is 34.4. The number of aromatic nitrogens is 1. The van der Waals surface area contributed by atoms with E-state index in [0.29, 0.717) is 6.61 Å². The lowest BCUT2D eigenvalue weighted by Crippen LogP contribution is -2.11. The summed E-state index contributed by atoms with van der Waals surface area (Å²) in [6.45, 7) is 26.2. The molecule has 2 aliphatic rings. The normalized spacial score (nSPS) is 16.2. The molecule has 1 saturated carbocycles. The minimum atomic E-state index is 0.0680. The number of nitrogens with zero attached hydrogens (tertiary/aromatic N) is 1. The number of ether oxygens (including phenoxy) is 1. The second-order valence-electron chi connectivity index (χ2n) is 20.1. The molecule has 0 atom stereocenters. The topological polar surface area (TPSA) is 37.4 Å². The molecule has 5 aromatic rings. The van der Waals surface area contributed by atoms with Gasteiger partial charge >= 0.3 is 0 Å². The molecule has 7 rings (SSSR count). The molecule has 3 nitrogen and oxygen atoms in total. The van der Waals surface area contributed by atoms with Crippen LogP contribution in [0, 0.1) is 19.8 Å². The van der Waals surface area contributed by atoms with Gasteiger partial charge in [-0.2, -0.15) is 0 Å². The van der Waals surface area contributed by atoms with Crippen molar-refractivity contribution in [2.75, 3.05) is 13.2 Å². The predicted molar refractivity (Wildman–Crippen MR) is 245 cm³/mol. The van der Waals surface area contributed by atoms with Crippen LogP contribution in [0.4, 0.5) is 0 Å². The Bertz CT molecular complexity index is 2250. The molecule has 1 fully saturated rings. The molecule has 0 spiro atoms. The molecule has 1 aromatic heterocycles. The Morgan fingerprint density at radius 3 is 1.61 bits per heavy atom. The van der Waals surface area contributed by atoms with Crippen LogP contribution in [-0.2, 0) is 21.0 Å². The van der Waals surface area contributed by atoms with Crippen LogP contribution in [0.2, 0.25) is 0 Å². The van der Waals surface area contributed by atoms with Crippen LogP contribution in [-0.4, -0.2) is 23.9 Å². The molecule has 3 heteroatoms. The number of fused-ring (bicyclic) bond motifs is 1. The van der Waals surface area contributed by atoms with Gasteiger partial charge in [-0.1, -0.05) is 167 Å². The van der Waals surface area contributed by atoms with E-state index in [1.54, 1.807) is 0 Å². The third kappa shape index (κ3) is 9.00. The van der Waals surface area contributed by atoms with E-state index in [2.05, 4.69) is 172 Å². The molecule has 57 heavy (non-hydrogen) atoms. The third-order valence-corrected chi connectivity index (χ3v) is 12.6. The van der Waals surface area contributed by atoms with Crippen molar-refractivity contribution in [1.82, 2.24) is 4.98 Å². The lowest BCUT2D eigenvalue weighted by molar-refractivity contribution is 0.141. The molecule has 1 aliphatic heterocycles. The maximum atomic E-state index is 6.80. The molecule has 4 aromatic carbocycles. The van der Waals surface area contributed by atoms with Gasteiger partial charge in [0, 0.05) is 40.1 Å². The summed E-state index contributed by atoms with van der Waals surface area (Å²) in [6.07, 6.45) is 7.84. The standard InChI is InChI=1S/C54H66N2O/c1-35-31-45-46(32-36(35)2)51(56-49(45)40-21-27-43(28-22-40)54(9,10)11)47(34-57-30-29-37-15-13-12-14-16-37)50-44(38-17-23-41(24-18-38)52(3,4)5)33-48(55-50)39-19-25-42(26-20-39)53(6,7)8/h17-28,31-33,37,55H,12-16,29-30,34H2,1-11H3. The first kappa shape index (κ1) is 40.7. The van der Waals surface area contributed by atoms with Gasteiger partial charge in [0.05, 0.1) is 23.7 Å². The Morgan fingerprint density at radius 2 is 1.09 bits per heavy atom. The predicted octanol–water partition coefficient (Wildman–Crippen LogP) is 14.6. The molecule has 1 N–H and O–H groups in total. The Morgan fingerprint density at radius 1 is 0.596 bits per heavy atom. The van der Waals surface area contributed by atoms with E-state index in [4.69, 9.17) is 9.73 Å². The fourth-order valence-electron chi connectivity index (χ4n) is 8.55. The van der Waals surface area contributed by atoms with Crippen molar-refractivity contribution in [1.29, 1.82) is 0 Å². The van der Waals surface area contributed by atoms with Crippen LogP contribution < -0.4 is 0 Å². The van der Waals surface area contributed by atoms with Gasteiger partial charge in [0.15, 0.2) is 0 Å². The van der Waals surface area contributed by atoms with Crippen LogP contribution in [0.25, 0.3) is 33.7 Å². The van der Waals surface area contributed by atoms with Crippen LogP contribution in [0.5, 0.6) is 0 Å². The Labute approximate surface area is 344 Å². The van der Waals surface area contributed by atoms with Crippen molar-refractivity contribution in [2.24, 2.45) is 10.9 Å². The first-order valence-corrected chi connectivity index (χ1v) is 21.5. The molecular formula is C54H66N2O. The summed E-state index contributed by atoms with van der Waals surface area (Å²) < 4.78 is 6.80. The van der Waals surface area contributed by atoms with E-state index in [1.165, 1.54) is 87.7 Å². The monoisotopic (exact) mass is 759 g/mol. The number of hydrogen-bond donors (Lipinski definition) is 1. The summed E-state index contributed by atoms with van der Waals surface area (Å²) in [7, 11) is 0. The van der Waals surface area contributed by atoms with Gasteiger partial charge in [0.2, 0.25) is 0 Å². The zero-order valence-corrected chi connectivity index (χ0v) is 36.7. The van der Waals surface area contributed by atoms with E-state index >= 15 is 0 Å². The maximum absolute atomic E-state index is 6.80. The summed E-state index contributed by atoms with van der Waals surface area (Å²) in [5.41, 5.74) is 19.1. The van der Waals surface area contributed by atoms with E-state index in [1.807, 2.05) is 0 Å². The number of nitrogens with one attached hydrogen (secondary N) is 1. The highest BCUT2D eigenvalue weighted by Crippen LogP contribution is 2.43. The molecule has 0 amide bonds. The number of rotatable bonds is 9. The van der Waals surface area contributed by atoms with E-state index in [0.717, 1.165) is 52.9 Å². The quantitative estimate of drug-likeness (QED) is 0.149. The summed E-state index contributed by atoms with van der Waals surface area (Å²) in [4.78, 5) is 9.64. The fourth-order valence-corrected chi connectivity index (χ4v) is 8.55. The molecule has 298 valence electrons. The molecular weight excluding hydrogens is 693 g/mol. The van der Waals surface area contributed by atoms with Crippen LogP contribution >= 0.6 is 0 Å². The van der Waals surface area contributed by atoms with Crippen molar-refractivity contribution in [2.45, 2.75) is 131 Å². The Hall–Kier alpha value is -4.47. The van der Waals surface area contributed by atoms with Gasteiger partial charge in [-0.3, -0.25) is 0 Å². The number of hydrogen-bond acceptors (Lipinski definition) is 2. The SMILES string of the molecule is Cc1cc2c(cc1C)C(=C(COCCC1CCCCC1)c1[nH]c(-c3ccc(C(C)(C)C)cc3)cc1-c1ccc(C(C)(C)C)cc1)N=C2c1ccc(C(C)(C)C)cc1. The van der Waals surface area contributed by atoms with E-state index in [9.17, 15) is 0 Å². The molecule has 0 saturated heterocycles. The average Bonchev–Trinajstić information content (AvgIpc) is 3.77. The van der Waals surface area contributed by atoms with Gasteiger partial charge in [0.1, 0.15) is 0 Å². The maximum Gasteiger partial charge on any atom is 0.0792 e. The van der Waals surface area contributed by atoms with Gasteiger partial charge in [-0.25, -0.2) is 4.99 Å². The zero-order valence-electron chi connectivity index (χ0n) is 36.7. The van der Waals surface area contributed by atoms with Crippen molar-refractivity contribution in [3.8, 4) is 22.4 Å². The van der Waals surface area contributed by atoms with Crippen molar-refractivity contribution >= 4 is 17.0 Å². The van der Waals surface area contributed by atoms with Crippen LogP contribution in [0.3, 0.4) is 0 Å². The van der Waals surface area contributed by atoms with Crippen LogP contribution in [0.1, 0.15) is 151 Å². The van der Waals surface area contributed by atoms with E-state index in [-0.39, 0.29) is 16.2 Å². The zero-order chi connectivity index (χ0) is 40.7. The lowest BCUT2D eigenvalue weighted by Gasteiger charge is -2.21. The molecule has 0 unspecified atom stereocenters. The average molecular weight is 759 g/mol. The second-order valence-corrected chi connectivity index (χ2v) is 20.1. The smallest absolute Gasteiger partial charge is 0.0792 e. The number of aliphatic imine (C=N–C) groups is 1. The molecule has 1 aliphatic carbocycles. The largest absolute Gasteiger partial charge is 0.377 e. The highest BCUT2D eigenvalue weighted by molar-refractivity contribution is 6.23. The van der Waals surface area contributed by atoms with Crippen molar-refractivity contribution < 1.29 is 4.74 Å². The van der Waals surface area contributed by atoms with Crippen LogP contribution in [0.15, 0.2) is 96.0 Å². The third-order valence-electron chi connectivity index (χ3n) is 12.6. The molecule has 0 bridgehead atoms. The van der Waals surface area contributed by atoms with Gasteiger partial charge in [-0.05, 0) is 99.6 Å². The summed E-state index contributed by atoms with van der Waals surface area (Å²) >= 11 is 0. The number of benzene rings is 4. The number of H-pyrrole nitrogens is 1. The first-order valence-electron chi connectivity index (χ1n) is 21.5. The second kappa shape index (κ2) is 16.1. The molecule has 2 heterocycles. The van der Waals surface area contributed by atoms with Gasteiger partial charge < -0.3 is 9.72 Å². The van der Waals surface area contributed by atoms with Crippen molar-refractivity contribution in [3.05, 3.63) is 141 Å². The molecule has 0 radical (unpaired) electrons. The van der Waals surface area contributed by atoms with Crippen molar-refractivity contribution in [3.63, 3.8) is 0 Å². The number of aryl methyl sites for hydroxylation is 2. The first-order chi connectivity index (χ1) is 27.0. The van der Waals surface area contributed by atoms with Gasteiger partial charge in [0.25, 0.3) is 0 Å². The minimum Gasteiger partial charge on any atom is -0.377 e. The highest BCUT2D eigenvalue weighted by atomic mass is 16.5.